The van der Waals surface area contributed by atoms with Gasteiger partial charge in [-0.3, -0.25) is 4.99 Å². The van der Waals surface area contributed by atoms with E-state index in [2.05, 4.69) is 19.2 Å². The van der Waals surface area contributed by atoms with E-state index in [0.717, 1.165) is 5.92 Å². The molecule has 2 saturated carbocycles. The monoisotopic (exact) mass is 320 g/mol. The zero-order chi connectivity index (χ0) is 16.3. The van der Waals surface area contributed by atoms with Gasteiger partial charge in [-0.15, -0.1) is 0 Å². The van der Waals surface area contributed by atoms with Gasteiger partial charge in [0.1, 0.15) is 0 Å². The van der Waals surface area contributed by atoms with E-state index in [-0.39, 0.29) is 0 Å². The van der Waals surface area contributed by atoms with E-state index in [1.165, 1.54) is 102 Å². The van der Waals surface area contributed by atoms with Crippen molar-refractivity contribution in [1.82, 2.24) is 5.32 Å². The summed E-state index contributed by atoms with van der Waals surface area (Å²) < 4.78 is 0. The highest BCUT2D eigenvalue weighted by atomic mass is 15.0. The Morgan fingerprint density at radius 3 is 2.26 bits per heavy atom. The van der Waals surface area contributed by atoms with E-state index in [4.69, 9.17) is 4.99 Å². The van der Waals surface area contributed by atoms with Crippen LogP contribution in [0.25, 0.3) is 0 Å². The van der Waals surface area contributed by atoms with Crippen molar-refractivity contribution in [3.05, 3.63) is 0 Å². The summed E-state index contributed by atoms with van der Waals surface area (Å²) in [5, 5.41) is 3.86. The summed E-state index contributed by atoms with van der Waals surface area (Å²) in [5.74, 6) is 2.20. The highest BCUT2D eigenvalue weighted by Gasteiger charge is 2.18. The van der Waals surface area contributed by atoms with Crippen LogP contribution in [0.4, 0.5) is 0 Å². The van der Waals surface area contributed by atoms with E-state index in [9.17, 15) is 0 Å². The summed E-state index contributed by atoms with van der Waals surface area (Å²) in [7, 11) is 0. The zero-order valence-electron chi connectivity index (χ0n) is 15.8. The summed E-state index contributed by atoms with van der Waals surface area (Å²) in [5.41, 5.74) is 0. The van der Waals surface area contributed by atoms with Crippen molar-refractivity contribution in [2.45, 2.75) is 122 Å². The third-order valence-corrected chi connectivity index (χ3v) is 5.81. The van der Waals surface area contributed by atoms with Gasteiger partial charge in [-0.05, 0) is 38.0 Å². The maximum atomic E-state index is 5.19. The SMILES string of the molecule is CCCCC(C)CCC(=NC1CCCCC1)NC1CCCCC1. The average Bonchev–Trinajstić information content (AvgIpc) is 2.59. The first-order valence-corrected chi connectivity index (χ1v) is 10.6. The van der Waals surface area contributed by atoms with Crippen molar-refractivity contribution in [2.24, 2.45) is 10.9 Å². The molecule has 2 aliphatic rings. The predicted molar refractivity (Wildman–Crippen MR) is 102 cm³/mol. The van der Waals surface area contributed by atoms with Crippen molar-refractivity contribution in [2.75, 3.05) is 0 Å². The van der Waals surface area contributed by atoms with Crippen molar-refractivity contribution >= 4 is 5.84 Å². The van der Waals surface area contributed by atoms with Crippen LogP contribution in [0.5, 0.6) is 0 Å². The molecule has 0 aliphatic heterocycles. The fourth-order valence-electron chi connectivity index (χ4n) is 4.17. The van der Waals surface area contributed by atoms with E-state index in [0.29, 0.717) is 12.1 Å². The largest absolute Gasteiger partial charge is 0.371 e. The Balaban J connectivity index is 1.85. The number of unbranched alkanes of at least 4 members (excludes halogenated alkanes) is 1. The second kappa shape index (κ2) is 11.1. The van der Waals surface area contributed by atoms with Crippen LogP contribution < -0.4 is 5.32 Å². The number of hydrogen-bond donors (Lipinski definition) is 1. The van der Waals surface area contributed by atoms with Crippen LogP contribution in [-0.2, 0) is 0 Å². The fourth-order valence-corrected chi connectivity index (χ4v) is 4.17. The predicted octanol–water partition coefficient (Wildman–Crippen LogP) is 6.25. The lowest BCUT2D eigenvalue weighted by molar-refractivity contribution is 0.403. The molecule has 0 saturated heterocycles. The average molecular weight is 321 g/mol. The minimum atomic E-state index is 0.612. The van der Waals surface area contributed by atoms with Crippen molar-refractivity contribution < 1.29 is 0 Å². The van der Waals surface area contributed by atoms with E-state index in [1.807, 2.05) is 0 Å². The third-order valence-electron chi connectivity index (χ3n) is 5.81. The van der Waals surface area contributed by atoms with Gasteiger partial charge in [0.25, 0.3) is 0 Å². The van der Waals surface area contributed by atoms with E-state index >= 15 is 0 Å². The molecule has 2 heteroatoms. The molecule has 1 N–H and O–H groups in total. The van der Waals surface area contributed by atoms with Gasteiger partial charge in [-0.2, -0.15) is 0 Å². The molecule has 2 fully saturated rings. The van der Waals surface area contributed by atoms with Gasteiger partial charge < -0.3 is 5.32 Å². The van der Waals surface area contributed by atoms with Crippen molar-refractivity contribution in [3.8, 4) is 0 Å². The highest BCUT2D eigenvalue weighted by Crippen LogP contribution is 2.23. The number of aliphatic imine (C=N–C) groups is 1. The normalized spacial score (nSPS) is 23.0. The second-order valence-corrected chi connectivity index (χ2v) is 8.13. The van der Waals surface area contributed by atoms with Crippen molar-refractivity contribution in [3.63, 3.8) is 0 Å². The number of nitrogens with zero attached hydrogens (tertiary/aromatic N) is 1. The molecular formula is C21H40N2. The molecule has 0 aromatic carbocycles. The Labute approximate surface area is 144 Å². The van der Waals surface area contributed by atoms with Gasteiger partial charge >= 0.3 is 0 Å². The molecule has 2 nitrogen and oxygen atoms in total. The van der Waals surface area contributed by atoms with Crippen LogP contribution in [0.1, 0.15) is 110 Å². The molecule has 0 heterocycles. The second-order valence-electron chi connectivity index (χ2n) is 8.13. The Morgan fingerprint density at radius 2 is 1.61 bits per heavy atom. The molecule has 1 atom stereocenters. The summed E-state index contributed by atoms with van der Waals surface area (Å²) >= 11 is 0. The van der Waals surface area contributed by atoms with E-state index < -0.39 is 0 Å². The smallest absolute Gasteiger partial charge is 0.0968 e. The molecule has 0 radical (unpaired) electrons. The standard InChI is InChI=1S/C21H40N2/c1-3-4-11-18(2)16-17-21(22-19-12-7-5-8-13-19)23-20-14-9-6-10-15-20/h18-20H,3-17H2,1-2H3,(H,22,23). The topological polar surface area (TPSA) is 24.4 Å². The Morgan fingerprint density at radius 1 is 0.957 bits per heavy atom. The van der Waals surface area contributed by atoms with Gasteiger partial charge in [0.2, 0.25) is 0 Å². The first-order chi connectivity index (χ1) is 11.3. The number of nitrogens with one attached hydrogen (secondary N) is 1. The van der Waals surface area contributed by atoms with Crippen LogP contribution in [0.2, 0.25) is 0 Å². The highest BCUT2D eigenvalue weighted by molar-refractivity contribution is 5.82. The summed E-state index contributed by atoms with van der Waals surface area (Å²) in [6.07, 6.45) is 20.4. The molecule has 0 amide bonds. The molecule has 0 spiro atoms. The number of rotatable bonds is 8. The lowest BCUT2D eigenvalue weighted by Crippen LogP contribution is -2.37. The van der Waals surface area contributed by atoms with Crippen LogP contribution in [0, 0.1) is 5.92 Å². The van der Waals surface area contributed by atoms with Crippen LogP contribution >= 0.6 is 0 Å². The maximum absolute atomic E-state index is 5.19. The fraction of sp³-hybridized carbons (Fsp3) is 0.952. The number of amidine groups is 1. The summed E-state index contributed by atoms with van der Waals surface area (Å²) in [6.45, 7) is 4.72. The minimum absolute atomic E-state index is 0.612. The molecule has 23 heavy (non-hydrogen) atoms. The minimum Gasteiger partial charge on any atom is -0.371 e. The summed E-state index contributed by atoms with van der Waals surface area (Å²) in [4.78, 5) is 5.19. The van der Waals surface area contributed by atoms with E-state index in [1.54, 1.807) is 0 Å². The summed E-state index contributed by atoms with van der Waals surface area (Å²) in [6, 6.07) is 1.32. The van der Waals surface area contributed by atoms with Crippen LogP contribution in [0.15, 0.2) is 4.99 Å². The molecule has 0 bridgehead atoms. The van der Waals surface area contributed by atoms with Crippen LogP contribution in [0.3, 0.4) is 0 Å². The van der Waals surface area contributed by atoms with Gasteiger partial charge in [-0.25, -0.2) is 0 Å². The molecule has 2 aliphatic carbocycles. The first-order valence-electron chi connectivity index (χ1n) is 10.6. The van der Waals surface area contributed by atoms with Crippen LogP contribution in [-0.4, -0.2) is 17.9 Å². The lowest BCUT2D eigenvalue weighted by Gasteiger charge is -2.27. The van der Waals surface area contributed by atoms with Gasteiger partial charge in [0.05, 0.1) is 11.9 Å². The zero-order valence-corrected chi connectivity index (χ0v) is 15.8. The Kier molecular flexibility index (Phi) is 9.07. The number of hydrogen-bond acceptors (Lipinski definition) is 1. The molecule has 0 aromatic heterocycles. The van der Waals surface area contributed by atoms with Crippen molar-refractivity contribution in [1.29, 1.82) is 0 Å². The Hall–Kier alpha value is -0.530. The van der Waals surface area contributed by atoms with Gasteiger partial charge in [-0.1, -0.05) is 71.6 Å². The first kappa shape index (κ1) is 18.8. The molecule has 134 valence electrons. The van der Waals surface area contributed by atoms with Gasteiger partial charge in [0, 0.05) is 12.5 Å². The quantitative estimate of drug-likeness (QED) is 0.415. The molecule has 1 unspecified atom stereocenters. The molecule has 2 rings (SSSR count). The molecule has 0 aromatic rings. The Bertz CT molecular complexity index is 325. The maximum Gasteiger partial charge on any atom is 0.0968 e. The lowest BCUT2D eigenvalue weighted by atomic mass is 9.94. The van der Waals surface area contributed by atoms with Gasteiger partial charge in [0.15, 0.2) is 0 Å². The third kappa shape index (κ3) is 7.72. The molecular weight excluding hydrogens is 280 g/mol.